The van der Waals surface area contributed by atoms with Crippen molar-refractivity contribution in [3.05, 3.63) is 0 Å². The third-order valence-corrected chi connectivity index (χ3v) is 2.69. The third-order valence-electron chi connectivity index (χ3n) is 2.69. The number of methoxy groups -OCH3 is 1. The largest absolute Gasteiger partial charge is 0.383 e. The van der Waals surface area contributed by atoms with Crippen LogP contribution in [0.5, 0.6) is 0 Å². The van der Waals surface area contributed by atoms with Gasteiger partial charge >= 0.3 is 0 Å². The molecule has 0 aliphatic heterocycles. The maximum atomic E-state index is 11.6. The lowest BCUT2D eigenvalue weighted by atomic mass is 9.95. The summed E-state index contributed by atoms with van der Waals surface area (Å²) >= 11 is 0. The SMILES string of the molecule is COCCNC(=O)CNC(CC(C)C)CC(C)C. The highest BCUT2D eigenvalue weighted by atomic mass is 16.5. The quantitative estimate of drug-likeness (QED) is 0.588. The molecule has 108 valence electrons. The summed E-state index contributed by atoms with van der Waals surface area (Å²) in [4.78, 5) is 11.6. The van der Waals surface area contributed by atoms with Crippen LogP contribution in [0.3, 0.4) is 0 Å². The second-order valence-corrected chi connectivity index (χ2v) is 5.68. The third kappa shape index (κ3) is 10.5. The summed E-state index contributed by atoms with van der Waals surface area (Å²) in [5.74, 6) is 1.35. The molecule has 0 aromatic heterocycles. The molecule has 0 aromatic rings. The molecule has 0 aliphatic rings. The van der Waals surface area contributed by atoms with Crippen LogP contribution in [0, 0.1) is 11.8 Å². The van der Waals surface area contributed by atoms with Crippen LogP contribution in [0.1, 0.15) is 40.5 Å². The second kappa shape index (κ2) is 10.3. The van der Waals surface area contributed by atoms with Gasteiger partial charge in [0.2, 0.25) is 5.91 Å². The lowest BCUT2D eigenvalue weighted by molar-refractivity contribution is -0.120. The number of nitrogens with one attached hydrogen (secondary N) is 2. The Morgan fingerprint density at radius 3 is 2.11 bits per heavy atom. The molecule has 0 bridgehead atoms. The van der Waals surface area contributed by atoms with Crippen LogP contribution < -0.4 is 10.6 Å². The average molecular weight is 258 g/mol. The summed E-state index contributed by atoms with van der Waals surface area (Å²) < 4.78 is 4.89. The average Bonchev–Trinajstić information content (AvgIpc) is 2.25. The fourth-order valence-electron chi connectivity index (χ4n) is 1.99. The molecule has 0 heterocycles. The number of hydrogen-bond acceptors (Lipinski definition) is 3. The van der Waals surface area contributed by atoms with Crippen LogP contribution in [0.2, 0.25) is 0 Å². The van der Waals surface area contributed by atoms with Gasteiger partial charge < -0.3 is 15.4 Å². The standard InChI is InChI=1S/C14H30N2O2/c1-11(2)8-13(9-12(3)4)16-10-14(17)15-6-7-18-5/h11-13,16H,6-10H2,1-5H3,(H,15,17). The van der Waals surface area contributed by atoms with Crippen molar-refractivity contribution in [1.82, 2.24) is 10.6 Å². The predicted octanol–water partition coefficient (Wildman–Crippen LogP) is 1.80. The van der Waals surface area contributed by atoms with Gasteiger partial charge in [0, 0.05) is 19.7 Å². The van der Waals surface area contributed by atoms with Gasteiger partial charge in [-0.3, -0.25) is 4.79 Å². The number of rotatable bonds is 10. The minimum absolute atomic E-state index is 0.0459. The molecule has 2 N–H and O–H groups in total. The zero-order chi connectivity index (χ0) is 14.0. The van der Waals surface area contributed by atoms with Crippen molar-refractivity contribution in [1.29, 1.82) is 0 Å². The summed E-state index contributed by atoms with van der Waals surface area (Å²) in [5.41, 5.74) is 0. The van der Waals surface area contributed by atoms with E-state index in [1.807, 2.05) is 0 Å². The van der Waals surface area contributed by atoms with Crippen molar-refractivity contribution in [2.45, 2.75) is 46.6 Å². The Balaban J connectivity index is 3.89. The molecule has 0 aromatic carbocycles. The van der Waals surface area contributed by atoms with E-state index in [1.54, 1.807) is 7.11 Å². The van der Waals surface area contributed by atoms with Crippen molar-refractivity contribution >= 4 is 5.91 Å². The van der Waals surface area contributed by atoms with Gasteiger partial charge in [0.25, 0.3) is 0 Å². The Kier molecular flexibility index (Phi) is 9.98. The molecular formula is C14H30N2O2. The zero-order valence-electron chi connectivity index (χ0n) is 12.6. The fourth-order valence-corrected chi connectivity index (χ4v) is 1.99. The minimum Gasteiger partial charge on any atom is -0.383 e. The van der Waals surface area contributed by atoms with Crippen LogP contribution in [-0.4, -0.2) is 38.8 Å². The Morgan fingerprint density at radius 2 is 1.67 bits per heavy atom. The first-order chi connectivity index (χ1) is 8.45. The molecule has 0 unspecified atom stereocenters. The molecule has 0 atom stereocenters. The van der Waals surface area contributed by atoms with Gasteiger partial charge in [-0.2, -0.15) is 0 Å². The van der Waals surface area contributed by atoms with Gasteiger partial charge in [-0.15, -0.1) is 0 Å². The molecular weight excluding hydrogens is 228 g/mol. The zero-order valence-corrected chi connectivity index (χ0v) is 12.6. The van der Waals surface area contributed by atoms with E-state index in [-0.39, 0.29) is 5.91 Å². The van der Waals surface area contributed by atoms with Crippen LogP contribution in [0.25, 0.3) is 0 Å². The number of hydrogen-bond donors (Lipinski definition) is 2. The van der Waals surface area contributed by atoms with Gasteiger partial charge in [-0.1, -0.05) is 27.7 Å². The van der Waals surface area contributed by atoms with E-state index in [0.717, 1.165) is 12.8 Å². The van der Waals surface area contributed by atoms with Crippen LogP contribution in [-0.2, 0) is 9.53 Å². The van der Waals surface area contributed by atoms with Gasteiger partial charge in [-0.25, -0.2) is 0 Å². The number of amides is 1. The molecule has 0 saturated carbocycles. The lowest BCUT2D eigenvalue weighted by Crippen LogP contribution is -2.41. The van der Waals surface area contributed by atoms with E-state index in [9.17, 15) is 4.79 Å². The first kappa shape index (κ1) is 17.4. The highest BCUT2D eigenvalue weighted by molar-refractivity contribution is 5.77. The first-order valence-electron chi connectivity index (χ1n) is 6.94. The molecule has 0 fully saturated rings. The van der Waals surface area contributed by atoms with Crippen LogP contribution in [0.15, 0.2) is 0 Å². The molecule has 0 aliphatic carbocycles. The Labute approximate surface area is 112 Å². The summed E-state index contributed by atoms with van der Waals surface area (Å²) in [6.45, 7) is 10.4. The smallest absolute Gasteiger partial charge is 0.234 e. The van der Waals surface area contributed by atoms with E-state index in [4.69, 9.17) is 4.74 Å². The molecule has 0 spiro atoms. The van der Waals surface area contributed by atoms with Gasteiger partial charge in [0.05, 0.1) is 13.2 Å². The molecule has 0 radical (unpaired) electrons. The predicted molar refractivity (Wildman–Crippen MR) is 75.6 cm³/mol. The minimum atomic E-state index is 0.0459. The van der Waals surface area contributed by atoms with E-state index < -0.39 is 0 Å². The maximum Gasteiger partial charge on any atom is 0.234 e. The summed E-state index contributed by atoms with van der Waals surface area (Å²) in [6, 6.07) is 0.429. The second-order valence-electron chi connectivity index (χ2n) is 5.68. The van der Waals surface area contributed by atoms with E-state index in [2.05, 4.69) is 38.3 Å². The molecule has 1 amide bonds. The van der Waals surface area contributed by atoms with Crippen LogP contribution >= 0.6 is 0 Å². The number of carbonyl (C=O) groups excluding carboxylic acids is 1. The Bertz CT molecular complexity index is 208. The van der Waals surface area contributed by atoms with Crippen molar-refractivity contribution in [3.63, 3.8) is 0 Å². The van der Waals surface area contributed by atoms with Crippen molar-refractivity contribution in [2.75, 3.05) is 26.8 Å². The van der Waals surface area contributed by atoms with Gasteiger partial charge in [-0.05, 0) is 24.7 Å². The molecule has 18 heavy (non-hydrogen) atoms. The monoisotopic (exact) mass is 258 g/mol. The van der Waals surface area contributed by atoms with E-state index in [1.165, 1.54) is 0 Å². The van der Waals surface area contributed by atoms with Gasteiger partial charge in [0.15, 0.2) is 0 Å². The Hall–Kier alpha value is -0.610. The fraction of sp³-hybridized carbons (Fsp3) is 0.929. The Morgan fingerprint density at radius 1 is 1.11 bits per heavy atom. The van der Waals surface area contributed by atoms with Crippen molar-refractivity contribution < 1.29 is 9.53 Å². The summed E-state index contributed by atoms with van der Waals surface area (Å²) in [6.07, 6.45) is 2.23. The highest BCUT2D eigenvalue weighted by Crippen LogP contribution is 2.12. The van der Waals surface area contributed by atoms with E-state index in [0.29, 0.717) is 37.6 Å². The van der Waals surface area contributed by atoms with Crippen molar-refractivity contribution in [3.8, 4) is 0 Å². The number of ether oxygens (including phenoxy) is 1. The normalized spacial score (nSPS) is 11.6. The molecule has 4 nitrogen and oxygen atoms in total. The summed E-state index contributed by atoms with van der Waals surface area (Å²) in [7, 11) is 1.63. The highest BCUT2D eigenvalue weighted by Gasteiger charge is 2.13. The van der Waals surface area contributed by atoms with Crippen LogP contribution in [0.4, 0.5) is 0 Å². The summed E-state index contributed by atoms with van der Waals surface area (Å²) in [5, 5.41) is 6.18. The van der Waals surface area contributed by atoms with Gasteiger partial charge in [0.1, 0.15) is 0 Å². The van der Waals surface area contributed by atoms with Crippen molar-refractivity contribution in [2.24, 2.45) is 11.8 Å². The lowest BCUT2D eigenvalue weighted by Gasteiger charge is -2.22. The molecule has 0 rings (SSSR count). The number of carbonyl (C=O) groups is 1. The first-order valence-corrected chi connectivity index (χ1v) is 6.94. The maximum absolute atomic E-state index is 11.6. The van der Waals surface area contributed by atoms with E-state index >= 15 is 0 Å². The topological polar surface area (TPSA) is 50.4 Å². The molecule has 0 saturated heterocycles. The molecule has 4 heteroatoms.